The number of rotatable bonds is 5. The van der Waals surface area contributed by atoms with Crippen LogP contribution in [0.25, 0.3) is 27.7 Å². The van der Waals surface area contributed by atoms with Crippen LogP contribution in [0.15, 0.2) is 67.4 Å². The fraction of sp³-hybridized carbons (Fsp3) is 0.160. The van der Waals surface area contributed by atoms with E-state index in [9.17, 15) is 9.18 Å². The van der Waals surface area contributed by atoms with Gasteiger partial charge in [0.15, 0.2) is 0 Å². The predicted molar refractivity (Wildman–Crippen MR) is 132 cm³/mol. The first kappa shape index (κ1) is 22.2. The smallest absolute Gasteiger partial charge is 0.305 e. The Labute approximate surface area is 200 Å². The van der Waals surface area contributed by atoms with Gasteiger partial charge in [-0.25, -0.2) is 13.9 Å². The maximum atomic E-state index is 15.0. The zero-order valence-corrected chi connectivity index (χ0v) is 19.4. The fourth-order valence-electron chi connectivity index (χ4n) is 3.79. The monoisotopic (exact) mass is 470 g/mol. The Morgan fingerprint density at radius 3 is 2.63 bits per heavy atom. The summed E-state index contributed by atoms with van der Waals surface area (Å²) in [5.74, 6) is 0.0352. The molecule has 0 fully saturated rings. The van der Waals surface area contributed by atoms with Crippen LogP contribution in [0.3, 0.4) is 0 Å². The van der Waals surface area contributed by atoms with Gasteiger partial charge in [-0.3, -0.25) is 20.0 Å². The summed E-state index contributed by atoms with van der Waals surface area (Å²) in [4.78, 5) is 21.1. The molecule has 0 spiro atoms. The average Bonchev–Trinajstić information content (AvgIpc) is 3.45. The van der Waals surface area contributed by atoms with Gasteiger partial charge in [-0.15, -0.1) is 0 Å². The lowest BCUT2D eigenvalue weighted by Gasteiger charge is -2.11. The number of hydrogen-bond acceptors (Lipinski definition) is 5. The molecule has 1 aromatic carbocycles. The van der Waals surface area contributed by atoms with Gasteiger partial charge in [0.1, 0.15) is 11.6 Å². The van der Waals surface area contributed by atoms with Gasteiger partial charge in [0, 0.05) is 36.5 Å². The lowest BCUT2D eigenvalue weighted by atomic mass is 10.0. The quantitative estimate of drug-likeness (QED) is 0.371. The van der Waals surface area contributed by atoms with Gasteiger partial charge < -0.3 is 5.32 Å². The molecule has 35 heavy (non-hydrogen) atoms. The molecule has 4 aromatic heterocycles. The molecule has 0 saturated heterocycles. The molecule has 9 nitrogen and oxygen atoms in total. The van der Waals surface area contributed by atoms with E-state index in [0.29, 0.717) is 17.1 Å². The van der Waals surface area contributed by atoms with Gasteiger partial charge in [-0.1, -0.05) is 19.9 Å². The van der Waals surface area contributed by atoms with Crippen LogP contribution in [0.2, 0.25) is 0 Å². The summed E-state index contributed by atoms with van der Waals surface area (Å²) in [6.45, 7) is 4.02. The van der Waals surface area contributed by atoms with Crippen molar-refractivity contribution in [2.75, 3.05) is 10.6 Å². The number of aryl methyl sites for hydroxylation is 1. The Balaban J connectivity index is 1.38. The van der Waals surface area contributed by atoms with E-state index in [2.05, 4.69) is 30.8 Å². The van der Waals surface area contributed by atoms with Crippen molar-refractivity contribution < 1.29 is 9.18 Å². The number of carbonyl (C=O) groups excluding carboxylic acids is 1. The van der Waals surface area contributed by atoms with Crippen LogP contribution >= 0.6 is 0 Å². The van der Waals surface area contributed by atoms with Gasteiger partial charge in [-0.2, -0.15) is 10.2 Å². The molecular weight excluding hydrogens is 447 g/mol. The van der Waals surface area contributed by atoms with Crippen molar-refractivity contribution in [3.8, 4) is 16.8 Å². The minimum Gasteiger partial charge on any atom is -0.305 e. The standard InChI is InChI=1S/C25H23FN8O/c1-15(2)22-10-24(34(32-22)17-5-4-8-27-11-17)31-25(35)30-21-7-6-16(9-20(21)26)18-12-28-14-23-19(18)13-29-33(23)3/h4-15H,1-3H3,(H2,30,31,35). The van der Waals surface area contributed by atoms with Crippen LogP contribution in [-0.2, 0) is 7.05 Å². The number of aromatic nitrogens is 6. The minimum atomic E-state index is -0.590. The van der Waals surface area contributed by atoms with E-state index in [4.69, 9.17) is 0 Å². The molecule has 5 rings (SSSR count). The third-order valence-electron chi connectivity index (χ3n) is 5.66. The molecule has 0 aliphatic rings. The predicted octanol–water partition coefficient (Wildman–Crippen LogP) is 5.12. The van der Waals surface area contributed by atoms with E-state index in [-0.39, 0.29) is 11.6 Å². The molecule has 176 valence electrons. The molecule has 2 N–H and O–H groups in total. The summed E-state index contributed by atoms with van der Waals surface area (Å²) in [6, 6.07) is 9.45. The summed E-state index contributed by atoms with van der Waals surface area (Å²) in [5, 5.41) is 15.0. The van der Waals surface area contributed by atoms with Crippen LogP contribution < -0.4 is 10.6 Å². The number of fused-ring (bicyclic) bond motifs is 1. The number of benzene rings is 1. The summed E-state index contributed by atoms with van der Waals surface area (Å²) >= 11 is 0. The number of halogens is 1. The highest BCUT2D eigenvalue weighted by Gasteiger charge is 2.16. The molecule has 0 radical (unpaired) electrons. The Bertz CT molecular complexity index is 1520. The van der Waals surface area contributed by atoms with E-state index < -0.39 is 11.8 Å². The van der Waals surface area contributed by atoms with Crippen LogP contribution in [-0.4, -0.2) is 35.6 Å². The lowest BCUT2D eigenvalue weighted by Crippen LogP contribution is -2.22. The van der Waals surface area contributed by atoms with Crippen LogP contribution in [0.5, 0.6) is 0 Å². The van der Waals surface area contributed by atoms with Crippen molar-refractivity contribution in [2.24, 2.45) is 7.05 Å². The van der Waals surface area contributed by atoms with Crippen molar-refractivity contribution >= 4 is 28.4 Å². The Morgan fingerprint density at radius 1 is 1.03 bits per heavy atom. The second kappa shape index (κ2) is 8.98. The summed E-state index contributed by atoms with van der Waals surface area (Å²) in [5.41, 5.74) is 3.79. The van der Waals surface area contributed by atoms with Crippen LogP contribution in [0.1, 0.15) is 25.5 Å². The van der Waals surface area contributed by atoms with Crippen molar-refractivity contribution in [3.05, 3.63) is 78.9 Å². The van der Waals surface area contributed by atoms with Gasteiger partial charge >= 0.3 is 6.03 Å². The zero-order valence-electron chi connectivity index (χ0n) is 19.4. The highest BCUT2D eigenvalue weighted by Crippen LogP contribution is 2.30. The first-order valence-corrected chi connectivity index (χ1v) is 11.0. The summed E-state index contributed by atoms with van der Waals surface area (Å²) in [7, 11) is 1.82. The molecule has 5 aromatic rings. The number of urea groups is 1. The lowest BCUT2D eigenvalue weighted by molar-refractivity contribution is 0.262. The number of amides is 2. The second-order valence-electron chi connectivity index (χ2n) is 8.39. The van der Waals surface area contributed by atoms with Crippen molar-refractivity contribution in [2.45, 2.75) is 19.8 Å². The van der Waals surface area contributed by atoms with Crippen molar-refractivity contribution in [1.82, 2.24) is 29.5 Å². The summed E-state index contributed by atoms with van der Waals surface area (Å²) in [6.07, 6.45) is 8.41. The number of nitrogens with zero attached hydrogens (tertiary/aromatic N) is 6. The Morgan fingerprint density at radius 2 is 1.89 bits per heavy atom. The molecule has 0 aliphatic carbocycles. The maximum absolute atomic E-state index is 15.0. The number of carbonyl (C=O) groups is 1. The molecule has 0 aliphatic heterocycles. The molecule has 0 unspecified atom stereocenters. The first-order valence-electron chi connectivity index (χ1n) is 11.0. The average molecular weight is 471 g/mol. The topological polar surface area (TPSA) is 103 Å². The number of hydrogen-bond donors (Lipinski definition) is 2. The highest BCUT2D eigenvalue weighted by atomic mass is 19.1. The third-order valence-corrected chi connectivity index (χ3v) is 5.66. The van der Waals surface area contributed by atoms with E-state index in [1.165, 1.54) is 12.1 Å². The Hall–Kier alpha value is -4.60. The molecule has 0 atom stereocenters. The van der Waals surface area contributed by atoms with Crippen LogP contribution in [0, 0.1) is 5.82 Å². The van der Waals surface area contributed by atoms with E-state index in [1.807, 2.05) is 27.0 Å². The SMILES string of the molecule is CC(C)c1cc(NC(=O)Nc2ccc(-c3cncc4c3cnn4C)cc2F)n(-c2cccnc2)n1. The second-order valence-corrected chi connectivity index (χ2v) is 8.39. The third kappa shape index (κ3) is 4.33. The highest BCUT2D eigenvalue weighted by molar-refractivity contribution is 6.00. The largest absolute Gasteiger partial charge is 0.324 e. The molecular formula is C25H23FN8O. The fourth-order valence-corrected chi connectivity index (χ4v) is 3.79. The summed E-state index contributed by atoms with van der Waals surface area (Å²) < 4.78 is 18.3. The van der Waals surface area contributed by atoms with Crippen molar-refractivity contribution in [1.29, 1.82) is 0 Å². The zero-order chi connectivity index (χ0) is 24.5. The molecule has 2 amide bonds. The van der Waals surface area contributed by atoms with Gasteiger partial charge in [0.05, 0.1) is 41.2 Å². The van der Waals surface area contributed by atoms with E-state index in [1.54, 1.807) is 58.5 Å². The first-order chi connectivity index (χ1) is 16.9. The van der Waals surface area contributed by atoms with Gasteiger partial charge in [-0.05, 0) is 35.7 Å². The molecule has 0 saturated carbocycles. The van der Waals surface area contributed by atoms with E-state index in [0.717, 1.165) is 22.2 Å². The maximum Gasteiger partial charge on any atom is 0.324 e. The van der Waals surface area contributed by atoms with Gasteiger partial charge in [0.25, 0.3) is 0 Å². The van der Waals surface area contributed by atoms with Crippen molar-refractivity contribution in [3.63, 3.8) is 0 Å². The molecule has 10 heteroatoms. The minimum absolute atomic E-state index is 0.0501. The molecule has 0 bridgehead atoms. The van der Waals surface area contributed by atoms with E-state index >= 15 is 0 Å². The molecule has 4 heterocycles. The van der Waals surface area contributed by atoms with Crippen LogP contribution in [0.4, 0.5) is 20.7 Å². The number of nitrogens with one attached hydrogen (secondary N) is 2. The number of anilines is 2. The van der Waals surface area contributed by atoms with Gasteiger partial charge in [0.2, 0.25) is 0 Å². The Kier molecular flexibility index (Phi) is 5.69. The normalized spacial score (nSPS) is 11.2. The number of pyridine rings is 2.